The number of ether oxygens (including phenoxy) is 2. The van der Waals surface area contributed by atoms with E-state index in [1.165, 1.54) is 0 Å². The summed E-state index contributed by atoms with van der Waals surface area (Å²) in [5.41, 5.74) is -0.0767. The lowest BCUT2D eigenvalue weighted by molar-refractivity contribution is -0.150. The summed E-state index contributed by atoms with van der Waals surface area (Å²) in [4.78, 5) is 52.0. The van der Waals surface area contributed by atoms with Crippen LogP contribution in [0.15, 0.2) is 72.8 Å². The zero-order chi connectivity index (χ0) is 35.1. The van der Waals surface area contributed by atoms with Crippen molar-refractivity contribution < 1.29 is 29.0 Å². The number of hydrogen-bond acceptors (Lipinski definition) is 7. The standard InChI is InChI=1S/C39H50N4O6/c1-7-38-21-11-23-41(29-17-19-30(20-18-29)48-10-4)35(45)32(38)33-36(46)43(31(25-44)26(5)6)34-37(47)42(24-12-22-39(33,34)49-38)28-15-13-27(14-16-28)40(8-2)9-3/h11-22,26,31-34,44H,7-10,23-25H2,1-6H3/t31-,32+,33-,34?,38-,39-/m0/s1. The number of amides is 3. The average molecular weight is 671 g/mol. The fourth-order valence-corrected chi connectivity index (χ4v) is 8.46. The van der Waals surface area contributed by atoms with Gasteiger partial charge in [-0.05, 0) is 81.6 Å². The Bertz CT molecular complexity index is 1600. The van der Waals surface area contributed by atoms with Gasteiger partial charge in [-0.2, -0.15) is 0 Å². The van der Waals surface area contributed by atoms with Crippen molar-refractivity contribution in [2.45, 2.75) is 71.2 Å². The molecule has 4 aliphatic rings. The van der Waals surface area contributed by atoms with Gasteiger partial charge in [0.25, 0.3) is 5.91 Å². The number of rotatable bonds is 11. The van der Waals surface area contributed by atoms with Gasteiger partial charge in [-0.25, -0.2) is 0 Å². The second-order valence-corrected chi connectivity index (χ2v) is 13.7. The van der Waals surface area contributed by atoms with E-state index in [-0.39, 0.29) is 36.8 Å². The average Bonchev–Trinajstić information content (AvgIpc) is 3.39. The summed E-state index contributed by atoms with van der Waals surface area (Å²) in [6.45, 7) is 14.5. The van der Waals surface area contributed by atoms with E-state index in [1.807, 2.05) is 101 Å². The zero-order valence-electron chi connectivity index (χ0n) is 29.5. The van der Waals surface area contributed by atoms with E-state index in [9.17, 15) is 14.7 Å². The predicted molar refractivity (Wildman–Crippen MR) is 191 cm³/mol. The van der Waals surface area contributed by atoms with Crippen molar-refractivity contribution >= 4 is 34.8 Å². The van der Waals surface area contributed by atoms with E-state index in [4.69, 9.17) is 9.47 Å². The summed E-state index contributed by atoms with van der Waals surface area (Å²) in [6.07, 6.45) is 8.07. The second-order valence-electron chi connectivity index (χ2n) is 13.7. The number of hydrogen-bond donors (Lipinski definition) is 1. The largest absolute Gasteiger partial charge is 0.494 e. The molecule has 1 N–H and O–H groups in total. The molecule has 1 unspecified atom stereocenters. The minimum Gasteiger partial charge on any atom is -0.494 e. The van der Waals surface area contributed by atoms with Crippen molar-refractivity contribution in [2.24, 2.45) is 17.8 Å². The van der Waals surface area contributed by atoms with Gasteiger partial charge in [0.05, 0.1) is 36.7 Å². The molecule has 10 nitrogen and oxygen atoms in total. The highest BCUT2D eigenvalue weighted by Gasteiger charge is 2.76. The molecular weight excluding hydrogens is 620 g/mol. The molecule has 4 aliphatic heterocycles. The third-order valence-corrected chi connectivity index (χ3v) is 10.9. The Labute approximate surface area is 289 Å². The summed E-state index contributed by atoms with van der Waals surface area (Å²) in [7, 11) is 0. The van der Waals surface area contributed by atoms with Crippen LogP contribution < -0.4 is 19.4 Å². The highest BCUT2D eigenvalue weighted by molar-refractivity contribution is 6.07. The quantitative estimate of drug-likeness (QED) is 0.343. The van der Waals surface area contributed by atoms with Crippen LogP contribution in [0.3, 0.4) is 0 Å². The Hall–Kier alpha value is -4.15. The molecule has 2 fully saturated rings. The van der Waals surface area contributed by atoms with Gasteiger partial charge in [0.2, 0.25) is 11.8 Å². The van der Waals surface area contributed by atoms with Crippen molar-refractivity contribution in [3.63, 3.8) is 0 Å². The van der Waals surface area contributed by atoms with Crippen molar-refractivity contribution in [1.29, 1.82) is 0 Å². The first-order chi connectivity index (χ1) is 23.6. The summed E-state index contributed by atoms with van der Waals surface area (Å²) in [5.74, 6) is -2.19. The fourth-order valence-electron chi connectivity index (χ4n) is 8.46. The molecule has 3 amide bonds. The van der Waals surface area contributed by atoms with Gasteiger partial charge in [0.1, 0.15) is 17.4 Å². The van der Waals surface area contributed by atoms with Gasteiger partial charge in [-0.15, -0.1) is 0 Å². The Morgan fingerprint density at radius 1 is 0.837 bits per heavy atom. The first kappa shape index (κ1) is 34.7. The van der Waals surface area contributed by atoms with E-state index in [0.29, 0.717) is 36.7 Å². The molecule has 0 bridgehead atoms. The SMILES string of the molecule is CCOc1ccc(N2CC=C[C@]3(CC)O[C@]45C=CCN(c6ccc(N(CC)CC)cc6)C(=O)C4N([C@@H](CO)C(C)C)C(=O)[C@@H]5[C@@H]3C2=O)cc1. The molecule has 49 heavy (non-hydrogen) atoms. The lowest BCUT2D eigenvalue weighted by atomic mass is 9.73. The number of aliphatic hydroxyl groups is 1. The maximum Gasteiger partial charge on any atom is 0.253 e. The van der Waals surface area contributed by atoms with Gasteiger partial charge in [0, 0.05) is 43.2 Å². The van der Waals surface area contributed by atoms with Crippen LogP contribution in [-0.4, -0.2) is 90.4 Å². The molecule has 0 saturated carbocycles. The van der Waals surface area contributed by atoms with Crippen LogP contribution in [0.25, 0.3) is 0 Å². The van der Waals surface area contributed by atoms with Gasteiger partial charge in [-0.3, -0.25) is 14.4 Å². The molecule has 2 saturated heterocycles. The first-order valence-corrected chi connectivity index (χ1v) is 17.8. The minimum absolute atomic E-state index is 0.160. The van der Waals surface area contributed by atoms with E-state index < -0.39 is 35.1 Å². The van der Waals surface area contributed by atoms with Gasteiger partial charge >= 0.3 is 0 Å². The number of carbonyl (C=O) groups is 3. The number of likely N-dealkylation sites (tertiary alicyclic amines) is 1. The third kappa shape index (κ3) is 5.53. The van der Waals surface area contributed by atoms with Crippen LogP contribution >= 0.6 is 0 Å². The highest BCUT2D eigenvalue weighted by Crippen LogP contribution is 2.59. The van der Waals surface area contributed by atoms with E-state index >= 15 is 4.79 Å². The Morgan fingerprint density at radius 2 is 1.43 bits per heavy atom. The molecular formula is C39H50N4O6. The van der Waals surface area contributed by atoms with Crippen LogP contribution in [0, 0.1) is 17.8 Å². The molecule has 2 aromatic carbocycles. The van der Waals surface area contributed by atoms with Crippen molar-refractivity contribution in [1.82, 2.24) is 4.90 Å². The second kappa shape index (κ2) is 13.6. The lowest BCUT2D eigenvalue weighted by Gasteiger charge is -2.41. The molecule has 0 radical (unpaired) electrons. The summed E-state index contributed by atoms with van der Waals surface area (Å²) < 4.78 is 12.8. The highest BCUT2D eigenvalue weighted by atomic mass is 16.5. The van der Waals surface area contributed by atoms with E-state index in [1.54, 1.807) is 14.7 Å². The smallest absolute Gasteiger partial charge is 0.253 e. The topological polar surface area (TPSA) is 103 Å². The minimum atomic E-state index is -1.42. The van der Waals surface area contributed by atoms with Crippen LogP contribution in [0.4, 0.5) is 17.1 Å². The van der Waals surface area contributed by atoms with E-state index in [0.717, 1.165) is 18.8 Å². The molecule has 0 aromatic heterocycles. The number of anilines is 3. The third-order valence-electron chi connectivity index (χ3n) is 10.9. The van der Waals surface area contributed by atoms with Gasteiger partial charge < -0.3 is 34.2 Å². The van der Waals surface area contributed by atoms with Gasteiger partial charge in [0.15, 0.2) is 0 Å². The number of aliphatic hydroxyl groups excluding tert-OH is 1. The normalized spacial score (nSPS) is 28.4. The molecule has 1 spiro atoms. The van der Waals surface area contributed by atoms with E-state index in [2.05, 4.69) is 18.7 Å². The molecule has 6 rings (SSSR count). The molecule has 10 heteroatoms. The first-order valence-electron chi connectivity index (χ1n) is 17.8. The summed E-state index contributed by atoms with van der Waals surface area (Å²) >= 11 is 0. The maximum absolute atomic E-state index is 15.0. The number of benzene rings is 2. The fraction of sp³-hybridized carbons (Fsp3) is 0.513. The van der Waals surface area contributed by atoms with Gasteiger partial charge in [-0.1, -0.05) is 45.1 Å². The molecule has 6 atom stereocenters. The Kier molecular flexibility index (Phi) is 9.66. The Morgan fingerprint density at radius 3 is 1.98 bits per heavy atom. The maximum atomic E-state index is 15.0. The summed E-state index contributed by atoms with van der Waals surface area (Å²) in [6, 6.07) is 13.6. The monoisotopic (exact) mass is 670 g/mol. The van der Waals surface area contributed by atoms with Crippen molar-refractivity contribution in [3.05, 3.63) is 72.8 Å². The number of carbonyl (C=O) groups excluding carboxylic acids is 3. The molecule has 4 heterocycles. The molecule has 2 aromatic rings. The predicted octanol–water partition coefficient (Wildman–Crippen LogP) is 4.82. The van der Waals surface area contributed by atoms with Crippen LogP contribution in [0.1, 0.15) is 48.0 Å². The van der Waals surface area contributed by atoms with Crippen molar-refractivity contribution in [2.75, 3.05) is 54.1 Å². The van der Waals surface area contributed by atoms with Crippen LogP contribution in [-0.2, 0) is 19.1 Å². The molecule has 0 aliphatic carbocycles. The lowest BCUT2D eigenvalue weighted by Crippen LogP contribution is -2.60. The Balaban J connectivity index is 1.45. The van der Waals surface area contributed by atoms with Crippen LogP contribution in [0.5, 0.6) is 5.75 Å². The number of nitrogens with zero attached hydrogens (tertiary/aromatic N) is 4. The van der Waals surface area contributed by atoms with Crippen LogP contribution in [0.2, 0.25) is 0 Å². The zero-order valence-corrected chi connectivity index (χ0v) is 29.5. The number of fused-ring (bicyclic) bond motifs is 2. The van der Waals surface area contributed by atoms with Crippen molar-refractivity contribution in [3.8, 4) is 5.75 Å². The molecule has 262 valence electrons. The summed E-state index contributed by atoms with van der Waals surface area (Å²) in [5, 5.41) is 10.7.